The first kappa shape index (κ1) is 17.9. The lowest BCUT2D eigenvalue weighted by molar-refractivity contribution is -0.141. The number of sulfonamides is 1. The molecule has 136 valence electrons. The van der Waals surface area contributed by atoms with Gasteiger partial charge in [0.05, 0.1) is 10.8 Å². The molecule has 1 amide bonds. The van der Waals surface area contributed by atoms with E-state index in [1.165, 1.54) is 12.1 Å². The summed E-state index contributed by atoms with van der Waals surface area (Å²) in [5.41, 5.74) is 0.980. The van der Waals surface area contributed by atoms with Gasteiger partial charge in [-0.05, 0) is 56.7 Å². The molecular formula is C17H22N2O5S. The maximum Gasteiger partial charge on any atom is 0.306 e. The van der Waals surface area contributed by atoms with Crippen molar-refractivity contribution >= 4 is 21.9 Å². The van der Waals surface area contributed by atoms with Crippen LogP contribution in [0.3, 0.4) is 0 Å². The van der Waals surface area contributed by atoms with Gasteiger partial charge in [-0.3, -0.25) is 9.59 Å². The van der Waals surface area contributed by atoms with E-state index in [0.29, 0.717) is 30.4 Å². The zero-order chi connectivity index (χ0) is 18.2. The average Bonchev–Trinajstić information content (AvgIpc) is 3.21. The van der Waals surface area contributed by atoms with Gasteiger partial charge in [0.2, 0.25) is 10.0 Å². The maximum atomic E-state index is 12.5. The highest BCUT2D eigenvalue weighted by molar-refractivity contribution is 7.89. The zero-order valence-electron chi connectivity index (χ0n) is 14.0. The van der Waals surface area contributed by atoms with Gasteiger partial charge in [-0.2, -0.15) is 0 Å². The Morgan fingerprint density at radius 3 is 2.40 bits per heavy atom. The smallest absolute Gasteiger partial charge is 0.306 e. The summed E-state index contributed by atoms with van der Waals surface area (Å²) in [5.74, 6) is -1.63. The van der Waals surface area contributed by atoms with Crippen molar-refractivity contribution in [3.8, 4) is 0 Å². The Morgan fingerprint density at radius 2 is 1.80 bits per heavy atom. The Hall–Kier alpha value is -1.93. The Kier molecular flexibility index (Phi) is 4.83. The van der Waals surface area contributed by atoms with Crippen LogP contribution in [0, 0.1) is 12.8 Å². The maximum absolute atomic E-state index is 12.5. The molecule has 0 unspecified atom stereocenters. The number of benzene rings is 1. The number of aryl methyl sites for hydroxylation is 1. The minimum atomic E-state index is -3.62. The number of carboxylic acid groups (broad SMARTS) is 1. The molecule has 3 rings (SSSR count). The molecule has 0 aromatic heterocycles. The largest absolute Gasteiger partial charge is 0.481 e. The lowest BCUT2D eigenvalue weighted by Crippen LogP contribution is -2.34. The van der Waals surface area contributed by atoms with Gasteiger partial charge in [-0.1, -0.05) is 6.07 Å². The lowest BCUT2D eigenvalue weighted by Gasteiger charge is -2.15. The van der Waals surface area contributed by atoms with Gasteiger partial charge in [0.25, 0.3) is 5.91 Å². The molecular weight excluding hydrogens is 344 g/mol. The van der Waals surface area contributed by atoms with E-state index in [9.17, 15) is 18.0 Å². The topological polar surface area (TPSA) is 113 Å². The van der Waals surface area contributed by atoms with Gasteiger partial charge in [-0.25, -0.2) is 13.1 Å². The summed E-state index contributed by atoms with van der Waals surface area (Å²) in [6, 6.07) is 4.30. The van der Waals surface area contributed by atoms with Gasteiger partial charge < -0.3 is 10.4 Å². The molecule has 0 bridgehead atoms. The van der Waals surface area contributed by atoms with E-state index in [2.05, 4.69) is 10.0 Å². The average molecular weight is 366 g/mol. The molecule has 0 aliphatic heterocycles. The molecule has 25 heavy (non-hydrogen) atoms. The van der Waals surface area contributed by atoms with E-state index >= 15 is 0 Å². The molecule has 0 heterocycles. The predicted octanol–water partition coefficient (Wildman–Crippen LogP) is 1.42. The third-order valence-corrected chi connectivity index (χ3v) is 6.30. The molecule has 2 fully saturated rings. The number of aliphatic carboxylic acids is 1. The first-order valence-electron chi connectivity index (χ1n) is 8.43. The second kappa shape index (κ2) is 6.76. The van der Waals surface area contributed by atoms with Crippen molar-refractivity contribution < 1.29 is 23.1 Å². The van der Waals surface area contributed by atoms with Crippen LogP contribution in [0.1, 0.15) is 48.0 Å². The number of rotatable bonds is 6. The summed E-state index contributed by atoms with van der Waals surface area (Å²) >= 11 is 0. The number of carboxylic acids is 1. The van der Waals surface area contributed by atoms with Crippen LogP contribution in [0.25, 0.3) is 0 Å². The van der Waals surface area contributed by atoms with Gasteiger partial charge in [-0.15, -0.1) is 0 Å². The third-order valence-electron chi connectivity index (χ3n) is 4.78. The standard InChI is InChI=1S/C17H22N2O5S/c1-10-2-7-14(25(23,24)19-12-5-6-12)9-15(10)16(20)18-13-4-3-11(8-13)17(21)22/h2,7,9,11-13,19H,3-6,8H2,1H3,(H,18,20)(H,21,22)/t11-,13+/m1/s1. The van der Waals surface area contributed by atoms with Crippen LogP contribution in [-0.4, -0.2) is 37.5 Å². The van der Waals surface area contributed by atoms with Gasteiger partial charge in [0.1, 0.15) is 0 Å². The Labute approximate surface area is 146 Å². The molecule has 2 aliphatic rings. The van der Waals surface area contributed by atoms with E-state index in [1.54, 1.807) is 13.0 Å². The molecule has 2 aliphatic carbocycles. The van der Waals surface area contributed by atoms with Gasteiger partial charge in [0.15, 0.2) is 0 Å². The highest BCUT2D eigenvalue weighted by Gasteiger charge is 2.31. The molecule has 0 radical (unpaired) electrons. The number of hydrogen-bond acceptors (Lipinski definition) is 4. The molecule has 7 nitrogen and oxygen atoms in total. The minimum absolute atomic E-state index is 0.00461. The van der Waals surface area contributed by atoms with Crippen molar-refractivity contribution in [1.29, 1.82) is 0 Å². The Morgan fingerprint density at radius 1 is 1.12 bits per heavy atom. The molecule has 8 heteroatoms. The fraction of sp³-hybridized carbons (Fsp3) is 0.529. The van der Waals surface area contributed by atoms with Crippen LogP contribution in [0.5, 0.6) is 0 Å². The third kappa shape index (κ3) is 4.19. The summed E-state index contributed by atoms with van der Waals surface area (Å²) < 4.78 is 27.2. The molecule has 1 aromatic rings. The van der Waals surface area contributed by atoms with Crippen molar-refractivity contribution in [2.75, 3.05) is 0 Å². The van der Waals surface area contributed by atoms with Crippen LogP contribution in [0.4, 0.5) is 0 Å². The second-order valence-electron chi connectivity index (χ2n) is 6.89. The molecule has 1 aromatic carbocycles. The van der Waals surface area contributed by atoms with Crippen LogP contribution in [0.15, 0.2) is 23.1 Å². The fourth-order valence-corrected chi connectivity index (χ4v) is 4.43. The summed E-state index contributed by atoms with van der Waals surface area (Å²) in [6.07, 6.45) is 3.24. The number of carbonyl (C=O) groups excluding carboxylic acids is 1. The van der Waals surface area contributed by atoms with Crippen LogP contribution >= 0.6 is 0 Å². The van der Waals surface area contributed by atoms with Crippen LogP contribution < -0.4 is 10.0 Å². The normalized spacial score (nSPS) is 23.4. The monoisotopic (exact) mass is 366 g/mol. The molecule has 0 spiro atoms. The van der Waals surface area contributed by atoms with Crippen molar-refractivity contribution in [3.05, 3.63) is 29.3 Å². The number of hydrogen-bond donors (Lipinski definition) is 3. The molecule has 3 N–H and O–H groups in total. The van der Waals surface area contributed by atoms with Crippen molar-refractivity contribution in [3.63, 3.8) is 0 Å². The van der Waals surface area contributed by atoms with Crippen molar-refractivity contribution in [2.24, 2.45) is 5.92 Å². The van der Waals surface area contributed by atoms with Crippen molar-refractivity contribution in [2.45, 2.75) is 56.0 Å². The minimum Gasteiger partial charge on any atom is -0.481 e. The molecule has 2 saturated carbocycles. The van der Waals surface area contributed by atoms with E-state index < -0.39 is 21.9 Å². The first-order valence-corrected chi connectivity index (χ1v) is 9.91. The summed E-state index contributed by atoms with van der Waals surface area (Å²) in [6.45, 7) is 1.74. The van der Waals surface area contributed by atoms with Crippen molar-refractivity contribution in [1.82, 2.24) is 10.0 Å². The number of carbonyl (C=O) groups is 2. The van der Waals surface area contributed by atoms with E-state index in [0.717, 1.165) is 12.8 Å². The Bertz CT molecular complexity index is 801. The van der Waals surface area contributed by atoms with Crippen LogP contribution in [0.2, 0.25) is 0 Å². The summed E-state index contributed by atoms with van der Waals surface area (Å²) in [5, 5.41) is 11.9. The van der Waals surface area contributed by atoms with E-state index in [-0.39, 0.29) is 22.9 Å². The Balaban J connectivity index is 1.74. The SMILES string of the molecule is Cc1ccc(S(=O)(=O)NC2CC2)cc1C(=O)N[C@H]1CC[C@@H](C(=O)O)C1. The first-order chi connectivity index (χ1) is 11.8. The molecule has 2 atom stereocenters. The van der Waals surface area contributed by atoms with Crippen LogP contribution in [-0.2, 0) is 14.8 Å². The highest BCUT2D eigenvalue weighted by atomic mass is 32.2. The summed E-state index contributed by atoms with van der Waals surface area (Å²) in [7, 11) is -3.62. The second-order valence-corrected chi connectivity index (χ2v) is 8.60. The lowest BCUT2D eigenvalue weighted by atomic mass is 10.1. The summed E-state index contributed by atoms with van der Waals surface area (Å²) in [4.78, 5) is 23.6. The van der Waals surface area contributed by atoms with E-state index in [1.807, 2.05) is 0 Å². The fourth-order valence-electron chi connectivity index (χ4n) is 3.10. The number of nitrogens with one attached hydrogen (secondary N) is 2. The number of amides is 1. The molecule has 0 saturated heterocycles. The zero-order valence-corrected chi connectivity index (χ0v) is 14.8. The van der Waals surface area contributed by atoms with Gasteiger partial charge >= 0.3 is 5.97 Å². The van der Waals surface area contributed by atoms with Gasteiger partial charge in [0, 0.05) is 17.6 Å². The van der Waals surface area contributed by atoms with E-state index in [4.69, 9.17) is 5.11 Å². The quantitative estimate of drug-likeness (QED) is 0.705. The highest BCUT2D eigenvalue weighted by Crippen LogP contribution is 2.27. The predicted molar refractivity (Wildman–Crippen MR) is 90.8 cm³/mol.